The number of likely N-dealkylation sites (tertiary alicyclic amines) is 1. The quantitative estimate of drug-likeness (QED) is 0.292. The summed E-state index contributed by atoms with van der Waals surface area (Å²) in [4.78, 5) is 54.2. The SMILES string of the molecule is CCCCNC(=O)[C@H](C)N(Cc1cccc(Br)c1)C(=O)CCN1C(=O)[C@H]2CC=CC[C@H]2C1=O. The van der Waals surface area contributed by atoms with Gasteiger partial charge in [-0.2, -0.15) is 0 Å². The lowest BCUT2D eigenvalue weighted by atomic mass is 9.85. The van der Waals surface area contributed by atoms with Gasteiger partial charge in [-0.15, -0.1) is 0 Å². The third kappa shape index (κ3) is 6.10. The molecule has 33 heavy (non-hydrogen) atoms. The van der Waals surface area contributed by atoms with Crippen molar-refractivity contribution in [2.75, 3.05) is 13.1 Å². The summed E-state index contributed by atoms with van der Waals surface area (Å²) in [6, 6.07) is 6.91. The molecule has 1 aromatic carbocycles. The van der Waals surface area contributed by atoms with Gasteiger partial charge < -0.3 is 10.2 Å². The smallest absolute Gasteiger partial charge is 0.242 e. The normalized spacial score (nSPS) is 20.5. The van der Waals surface area contributed by atoms with E-state index in [1.807, 2.05) is 43.3 Å². The van der Waals surface area contributed by atoms with Crippen LogP contribution in [0.5, 0.6) is 0 Å². The van der Waals surface area contributed by atoms with Gasteiger partial charge in [-0.1, -0.05) is 53.6 Å². The Balaban J connectivity index is 1.69. The zero-order valence-electron chi connectivity index (χ0n) is 19.3. The number of fused-ring (bicyclic) bond motifs is 1. The van der Waals surface area contributed by atoms with Crippen molar-refractivity contribution in [3.05, 3.63) is 46.5 Å². The number of rotatable bonds is 10. The average Bonchev–Trinajstić information content (AvgIpc) is 3.05. The lowest BCUT2D eigenvalue weighted by molar-refractivity contribution is -0.143. The highest BCUT2D eigenvalue weighted by Crippen LogP contribution is 2.35. The van der Waals surface area contributed by atoms with Crippen LogP contribution in [0.1, 0.15) is 51.5 Å². The molecule has 0 radical (unpaired) electrons. The molecule has 7 nitrogen and oxygen atoms in total. The van der Waals surface area contributed by atoms with Gasteiger partial charge in [0.1, 0.15) is 6.04 Å². The van der Waals surface area contributed by atoms with E-state index in [1.165, 1.54) is 9.80 Å². The first kappa shape index (κ1) is 25.1. The Hall–Kier alpha value is -2.48. The van der Waals surface area contributed by atoms with Gasteiger partial charge in [-0.25, -0.2) is 0 Å². The van der Waals surface area contributed by atoms with Crippen LogP contribution in [0.25, 0.3) is 0 Å². The highest BCUT2D eigenvalue weighted by Gasteiger charge is 2.47. The predicted octanol–water partition coefficient (Wildman–Crippen LogP) is 3.42. The standard InChI is InChI=1S/C25H32BrN3O4/c1-3-4-13-27-23(31)17(2)29(16-18-8-7-9-19(26)15-18)22(30)12-14-28-24(32)20-10-5-6-11-21(20)25(28)33/h5-9,15,17,20-21H,3-4,10-14,16H2,1-2H3,(H,27,31)/t17-,20-,21+/m0/s1. The molecule has 1 aliphatic carbocycles. The number of amides is 4. The molecule has 1 aromatic rings. The third-order valence-electron chi connectivity index (χ3n) is 6.39. The molecule has 178 valence electrons. The van der Waals surface area contributed by atoms with Gasteiger partial charge in [0, 0.05) is 30.5 Å². The summed E-state index contributed by atoms with van der Waals surface area (Å²) in [5, 5.41) is 2.89. The van der Waals surface area contributed by atoms with Gasteiger partial charge in [-0.05, 0) is 43.9 Å². The second-order valence-electron chi connectivity index (χ2n) is 8.71. The van der Waals surface area contributed by atoms with Crippen molar-refractivity contribution in [1.82, 2.24) is 15.1 Å². The highest BCUT2D eigenvalue weighted by atomic mass is 79.9. The van der Waals surface area contributed by atoms with E-state index >= 15 is 0 Å². The molecule has 0 spiro atoms. The Bertz CT molecular complexity index is 906. The first-order valence-corrected chi connectivity index (χ1v) is 12.4. The molecule has 1 heterocycles. The minimum Gasteiger partial charge on any atom is -0.354 e. The highest BCUT2D eigenvalue weighted by molar-refractivity contribution is 9.10. The molecule has 1 fully saturated rings. The molecule has 0 aromatic heterocycles. The van der Waals surface area contributed by atoms with Crippen LogP contribution >= 0.6 is 15.9 Å². The molecule has 4 amide bonds. The van der Waals surface area contributed by atoms with E-state index in [0.717, 1.165) is 22.9 Å². The molecule has 0 unspecified atom stereocenters. The summed E-state index contributed by atoms with van der Waals surface area (Å²) in [6.45, 7) is 4.63. The van der Waals surface area contributed by atoms with E-state index in [0.29, 0.717) is 19.4 Å². The second-order valence-corrected chi connectivity index (χ2v) is 9.62. The molecular formula is C25H32BrN3O4. The van der Waals surface area contributed by atoms with Crippen LogP contribution < -0.4 is 5.32 Å². The fraction of sp³-hybridized carbons (Fsp3) is 0.520. The molecule has 8 heteroatoms. The Morgan fingerprint density at radius 3 is 2.45 bits per heavy atom. The third-order valence-corrected chi connectivity index (χ3v) is 6.88. The average molecular weight is 518 g/mol. The van der Waals surface area contributed by atoms with Crippen LogP contribution in [-0.4, -0.2) is 52.6 Å². The topological polar surface area (TPSA) is 86.8 Å². The van der Waals surface area contributed by atoms with E-state index < -0.39 is 6.04 Å². The number of carbonyl (C=O) groups excluding carboxylic acids is 4. The van der Waals surface area contributed by atoms with Gasteiger partial charge in [0.05, 0.1) is 11.8 Å². The van der Waals surface area contributed by atoms with Gasteiger partial charge in [-0.3, -0.25) is 24.1 Å². The number of benzene rings is 1. The monoisotopic (exact) mass is 517 g/mol. The number of nitrogens with one attached hydrogen (secondary N) is 1. The molecule has 1 saturated heterocycles. The Labute approximate surface area is 203 Å². The van der Waals surface area contributed by atoms with Crippen molar-refractivity contribution < 1.29 is 19.2 Å². The maximum Gasteiger partial charge on any atom is 0.242 e. The lowest BCUT2D eigenvalue weighted by Crippen LogP contribution is -2.48. The van der Waals surface area contributed by atoms with E-state index in [2.05, 4.69) is 21.2 Å². The molecular weight excluding hydrogens is 486 g/mol. The number of imide groups is 1. The Morgan fingerprint density at radius 1 is 1.18 bits per heavy atom. The van der Waals surface area contributed by atoms with Crippen molar-refractivity contribution in [2.45, 2.75) is 58.5 Å². The Morgan fingerprint density at radius 2 is 1.85 bits per heavy atom. The first-order chi connectivity index (χ1) is 15.8. The van der Waals surface area contributed by atoms with Crippen molar-refractivity contribution in [1.29, 1.82) is 0 Å². The molecule has 1 N–H and O–H groups in total. The van der Waals surface area contributed by atoms with Gasteiger partial charge in [0.25, 0.3) is 0 Å². The summed E-state index contributed by atoms with van der Waals surface area (Å²) in [7, 11) is 0. The number of hydrogen-bond donors (Lipinski definition) is 1. The van der Waals surface area contributed by atoms with Crippen LogP contribution in [0.4, 0.5) is 0 Å². The van der Waals surface area contributed by atoms with Crippen molar-refractivity contribution in [3.8, 4) is 0 Å². The number of unbranched alkanes of at least 4 members (excludes halogenated alkanes) is 1. The number of carbonyl (C=O) groups is 4. The molecule has 2 aliphatic rings. The number of halogens is 1. The fourth-order valence-corrected chi connectivity index (χ4v) is 4.84. The predicted molar refractivity (Wildman–Crippen MR) is 129 cm³/mol. The van der Waals surface area contributed by atoms with E-state index in [4.69, 9.17) is 0 Å². The number of nitrogens with zero attached hydrogens (tertiary/aromatic N) is 2. The number of hydrogen-bond acceptors (Lipinski definition) is 4. The van der Waals surface area contributed by atoms with Crippen LogP contribution in [-0.2, 0) is 25.7 Å². The maximum absolute atomic E-state index is 13.3. The zero-order chi connectivity index (χ0) is 24.0. The van der Waals surface area contributed by atoms with Crippen LogP contribution in [0.15, 0.2) is 40.9 Å². The summed E-state index contributed by atoms with van der Waals surface area (Å²) in [5.41, 5.74) is 0.886. The van der Waals surface area contributed by atoms with Crippen LogP contribution in [0, 0.1) is 11.8 Å². The minimum absolute atomic E-state index is 0.00900. The summed E-state index contributed by atoms with van der Waals surface area (Å²) >= 11 is 3.45. The van der Waals surface area contributed by atoms with E-state index in [1.54, 1.807) is 6.92 Å². The van der Waals surface area contributed by atoms with Crippen LogP contribution in [0.3, 0.4) is 0 Å². The Kier molecular flexibility index (Phi) is 8.83. The molecule has 0 saturated carbocycles. The van der Waals surface area contributed by atoms with Gasteiger partial charge in [0.15, 0.2) is 0 Å². The minimum atomic E-state index is -0.676. The fourth-order valence-electron chi connectivity index (χ4n) is 4.39. The molecule has 1 aliphatic heterocycles. The summed E-state index contributed by atoms with van der Waals surface area (Å²) < 4.78 is 0.886. The van der Waals surface area contributed by atoms with Crippen molar-refractivity contribution in [3.63, 3.8) is 0 Å². The first-order valence-electron chi connectivity index (χ1n) is 11.6. The summed E-state index contributed by atoms with van der Waals surface area (Å²) in [6.07, 6.45) is 6.86. The van der Waals surface area contributed by atoms with E-state index in [-0.39, 0.29) is 55.0 Å². The molecule has 3 rings (SSSR count). The lowest BCUT2D eigenvalue weighted by Gasteiger charge is -2.29. The number of allylic oxidation sites excluding steroid dienone is 2. The summed E-state index contributed by atoms with van der Waals surface area (Å²) in [5.74, 6) is -1.46. The zero-order valence-corrected chi connectivity index (χ0v) is 20.8. The second kappa shape index (κ2) is 11.6. The van der Waals surface area contributed by atoms with Crippen molar-refractivity contribution >= 4 is 39.6 Å². The van der Waals surface area contributed by atoms with Crippen LogP contribution in [0.2, 0.25) is 0 Å². The molecule has 0 bridgehead atoms. The largest absolute Gasteiger partial charge is 0.354 e. The van der Waals surface area contributed by atoms with Gasteiger partial charge in [0.2, 0.25) is 23.6 Å². The van der Waals surface area contributed by atoms with Crippen molar-refractivity contribution in [2.24, 2.45) is 11.8 Å². The van der Waals surface area contributed by atoms with Gasteiger partial charge >= 0.3 is 0 Å². The maximum atomic E-state index is 13.3. The molecule has 3 atom stereocenters. The van der Waals surface area contributed by atoms with E-state index in [9.17, 15) is 19.2 Å².